The number of amides is 2. The van der Waals surface area contributed by atoms with Crippen molar-refractivity contribution in [1.82, 2.24) is 10.2 Å². The number of rotatable bonds is 8. The maximum Gasteiger partial charge on any atom is 0.406 e. The topological polar surface area (TPSA) is 49.4 Å². The molecule has 1 rings (SSSR count). The smallest absolute Gasteiger partial charge is 0.355 e. The van der Waals surface area contributed by atoms with E-state index in [-0.39, 0.29) is 31.8 Å². The predicted molar refractivity (Wildman–Crippen MR) is 80.6 cm³/mol. The molecule has 0 atom stereocenters. The van der Waals surface area contributed by atoms with E-state index in [1.807, 2.05) is 6.07 Å². The second-order valence-electron chi connectivity index (χ2n) is 4.94. The molecule has 0 aliphatic heterocycles. The first-order valence-electron chi connectivity index (χ1n) is 7.08. The highest BCUT2D eigenvalue weighted by molar-refractivity contribution is 5.80. The fraction of sp³-hybridized carbons (Fsp3) is 0.375. The molecule has 0 radical (unpaired) electrons. The number of nitrogens with one attached hydrogen (secondary N) is 1. The minimum atomic E-state index is -4.46. The normalized spacial score (nSPS) is 10.9. The number of nitrogens with zero attached hydrogens (tertiary/aromatic N) is 1. The van der Waals surface area contributed by atoms with E-state index in [2.05, 4.69) is 11.9 Å². The van der Waals surface area contributed by atoms with Crippen molar-refractivity contribution in [3.8, 4) is 0 Å². The molecule has 126 valence electrons. The van der Waals surface area contributed by atoms with Crippen LogP contribution in [0.5, 0.6) is 0 Å². The fourth-order valence-electron chi connectivity index (χ4n) is 1.94. The van der Waals surface area contributed by atoms with E-state index in [4.69, 9.17) is 0 Å². The van der Waals surface area contributed by atoms with Crippen molar-refractivity contribution in [2.75, 3.05) is 19.6 Å². The molecule has 1 N–H and O–H groups in total. The van der Waals surface area contributed by atoms with Gasteiger partial charge in [-0.05, 0) is 5.56 Å². The van der Waals surface area contributed by atoms with Gasteiger partial charge in [-0.1, -0.05) is 36.4 Å². The van der Waals surface area contributed by atoms with Crippen LogP contribution in [0.4, 0.5) is 13.2 Å². The average Bonchev–Trinajstić information content (AvgIpc) is 2.46. The van der Waals surface area contributed by atoms with Crippen molar-refractivity contribution in [3.05, 3.63) is 48.6 Å². The summed E-state index contributed by atoms with van der Waals surface area (Å²) in [5.74, 6) is -0.961. The molecule has 0 bridgehead atoms. The highest BCUT2D eigenvalue weighted by Crippen LogP contribution is 2.16. The first kappa shape index (κ1) is 18.7. The van der Waals surface area contributed by atoms with Crippen LogP contribution in [0.15, 0.2) is 43.0 Å². The van der Waals surface area contributed by atoms with E-state index in [0.29, 0.717) is 4.90 Å². The number of hydrogen-bond donors (Lipinski definition) is 1. The van der Waals surface area contributed by atoms with Crippen molar-refractivity contribution in [2.24, 2.45) is 0 Å². The number of alkyl halides is 3. The average molecular weight is 328 g/mol. The van der Waals surface area contributed by atoms with Crippen LogP contribution in [0.3, 0.4) is 0 Å². The second-order valence-corrected chi connectivity index (χ2v) is 4.94. The molecular formula is C16H19F3N2O2. The lowest BCUT2D eigenvalue weighted by Crippen LogP contribution is -2.40. The zero-order valence-electron chi connectivity index (χ0n) is 12.6. The highest BCUT2D eigenvalue weighted by atomic mass is 19.4. The predicted octanol–water partition coefficient (Wildman–Crippen LogP) is 2.31. The molecule has 0 unspecified atom stereocenters. The van der Waals surface area contributed by atoms with E-state index >= 15 is 0 Å². The molecular weight excluding hydrogens is 309 g/mol. The Bertz CT molecular complexity index is 530. The second kappa shape index (κ2) is 8.97. The van der Waals surface area contributed by atoms with Gasteiger partial charge in [-0.2, -0.15) is 13.2 Å². The van der Waals surface area contributed by atoms with Gasteiger partial charge < -0.3 is 10.2 Å². The zero-order chi connectivity index (χ0) is 17.3. The van der Waals surface area contributed by atoms with Gasteiger partial charge in [0, 0.05) is 19.5 Å². The van der Waals surface area contributed by atoms with Gasteiger partial charge in [0.05, 0.1) is 6.42 Å². The van der Waals surface area contributed by atoms with Gasteiger partial charge in [-0.15, -0.1) is 6.58 Å². The van der Waals surface area contributed by atoms with Crippen LogP contribution in [0, 0.1) is 0 Å². The summed E-state index contributed by atoms with van der Waals surface area (Å²) in [6, 6.07) is 9.02. The molecule has 0 saturated carbocycles. The summed E-state index contributed by atoms with van der Waals surface area (Å²) in [7, 11) is 0. The van der Waals surface area contributed by atoms with Crippen molar-refractivity contribution in [2.45, 2.75) is 19.0 Å². The third kappa shape index (κ3) is 8.04. The molecule has 7 heteroatoms. The molecule has 23 heavy (non-hydrogen) atoms. The van der Waals surface area contributed by atoms with Gasteiger partial charge in [0.2, 0.25) is 11.8 Å². The first-order valence-corrected chi connectivity index (χ1v) is 7.08. The third-order valence-corrected chi connectivity index (χ3v) is 2.94. The van der Waals surface area contributed by atoms with Crippen molar-refractivity contribution >= 4 is 11.8 Å². The van der Waals surface area contributed by atoms with Crippen LogP contribution < -0.4 is 5.32 Å². The molecule has 1 aromatic carbocycles. The van der Waals surface area contributed by atoms with Gasteiger partial charge in [0.1, 0.15) is 6.54 Å². The van der Waals surface area contributed by atoms with Crippen LogP contribution in [-0.2, 0) is 16.0 Å². The first-order chi connectivity index (χ1) is 10.8. The maximum atomic E-state index is 12.4. The van der Waals surface area contributed by atoms with Crippen molar-refractivity contribution < 1.29 is 22.8 Å². The number of carbonyl (C=O) groups is 2. The van der Waals surface area contributed by atoms with Crippen LogP contribution in [-0.4, -0.2) is 42.5 Å². The largest absolute Gasteiger partial charge is 0.406 e. The minimum absolute atomic E-state index is 0.00397. The molecule has 0 aliphatic carbocycles. The van der Waals surface area contributed by atoms with Crippen molar-refractivity contribution in [3.63, 3.8) is 0 Å². The molecule has 0 saturated heterocycles. The van der Waals surface area contributed by atoms with E-state index in [0.717, 1.165) is 5.56 Å². The number of carbonyl (C=O) groups excluding carboxylic acids is 2. The minimum Gasteiger partial charge on any atom is -0.355 e. The summed E-state index contributed by atoms with van der Waals surface area (Å²) in [6.45, 7) is 1.83. The number of halogens is 3. The lowest BCUT2D eigenvalue weighted by Gasteiger charge is -2.22. The van der Waals surface area contributed by atoms with Gasteiger partial charge in [-0.25, -0.2) is 0 Å². The lowest BCUT2D eigenvalue weighted by atomic mass is 10.1. The molecule has 0 heterocycles. The summed E-state index contributed by atoms with van der Waals surface area (Å²) in [4.78, 5) is 24.1. The van der Waals surface area contributed by atoms with Gasteiger partial charge in [-0.3, -0.25) is 9.59 Å². The Kier molecular flexibility index (Phi) is 7.31. The molecule has 0 spiro atoms. The van der Waals surface area contributed by atoms with E-state index in [1.54, 1.807) is 24.3 Å². The van der Waals surface area contributed by atoms with Crippen LogP contribution in [0.1, 0.15) is 12.0 Å². The van der Waals surface area contributed by atoms with E-state index < -0.39 is 18.6 Å². The Balaban J connectivity index is 2.38. The van der Waals surface area contributed by atoms with Gasteiger partial charge in [0.25, 0.3) is 0 Å². The summed E-state index contributed by atoms with van der Waals surface area (Å²) in [5.41, 5.74) is 0.821. The van der Waals surface area contributed by atoms with Gasteiger partial charge in [0.15, 0.2) is 0 Å². The highest BCUT2D eigenvalue weighted by Gasteiger charge is 2.32. The molecule has 0 aliphatic rings. The standard InChI is InChI=1S/C16H19F3N2O2/c1-2-10-21(12-16(17,18)19)15(23)8-9-20-14(22)11-13-6-4-3-5-7-13/h2-7H,1,8-12H2,(H,20,22). The van der Waals surface area contributed by atoms with Crippen molar-refractivity contribution in [1.29, 1.82) is 0 Å². The Hall–Kier alpha value is -2.31. The number of hydrogen-bond acceptors (Lipinski definition) is 2. The zero-order valence-corrected chi connectivity index (χ0v) is 12.6. The molecule has 2 amide bonds. The molecule has 0 fully saturated rings. The lowest BCUT2D eigenvalue weighted by molar-refractivity contribution is -0.160. The summed E-state index contributed by atoms with van der Waals surface area (Å²) < 4.78 is 37.2. The Labute approximate surface area is 133 Å². The summed E-state index contributed by atoms with van der Waals surface area (Å²) in [5, 5.41) is 2.53. The third-order valence-electron chi connectivity index (χ3n) is 2.94. The summed E-state index contributed by atoms with van der Waals surface area (Å²) in [6.07, 6.45) is -3.26. The Morgan fingerprint density at radius 3 is 2.43 bits per heavy atom. The SMILES string of the molecule is C=CCN(CC(F)(F)F)C(=O)CCNC(=O)Cc1ccccc1. The monoisotopic (exact) mass is 328 g/mol. The van der Waals surface area contributed by atoms with E-state index in [9.17, 15) is 22.8 Å². The van der Waals surface area contributed by atoms with Crippen LogP contribution >= 0.6 is 0 Å². The number of benzene rings is 1. The molecule has 1 aromatic rings. The fourth-order valence-corrected chi connectivity index (χ4v) is 1.94. The van der Waals surface area contributed by atoms with Crippen LogP contribution in [0.2, 0.25) is 0 Å². The van der Waals surface area contributed by atoms with Crippen LogP contribution in [0.25, 0.3) is 0 Å². The summed E-state index contributed by atoms with van der Waals surface area (Å²) >= 11 is 0. The maximum absolute atomic E-state index is 12.4. The quantitative estimate of drug-likeness (QED) is 0.745. The Morgan fingerprint density at radius 1 is 1.22 bits per heavy atom. The molecule has 0 aromatic heterocycles. The Morgan fingerprint density at radius 2 is 1.87 bits per heavy atom. The van der Waals surface area contributed by atoms with E-state index in [1.165, 1.54) is 6.08 Å². The van der Waals surface area contributed by atoms with Gasteiger partial charge >= 0.3 is 6.18 Å². The molecule has 4 nitrogen and oxygen atoms in total.